The number of carbonyl (C=O) groups is 1. The molecule has 0 aliphatic heterocycles. The molecule has 2 N–H and O–H groups in total. The first-order chi connectivity index (χ1) is 8.81. The third-order valence-corrected chi connectivity index (χ3v) is 3.13. The van der Waals surface area contributed by atoms with Gasteiger partial charge in [-0.2, -0.15) is 0 Å². The summed E-state index contributed by atoms with van der Waals surface area (Å²) in [6.07, 6.45) is 2.87. The van der Waals surface area contributed by atoms with Crippen molar-refractivity contribution in [3.63, 3.8) is 0 Å². The van der Waals surface area contributed by atoms with E-state index < -0.39 is 5.60 Å². The number of hydrogen-bond donors (Lipinski definition) is 2. The number of rotatable bonds is 5. The Bertz CT molecular complexity index is 289. The van der Waals surface area contributed by atoms with Crippen LogP contribution in [0, 0.1) is 0 Å². The highest BCUT2D eigenvalue weighted by molar-refractivity contribution is 5.68. The zero-order valence-electron chi connectivity index (χ0n) is 12.8. The molecular weight excluding hydrogens is 244 g/mol. The molecule has 19 heavy (non-hydrogen) atoms. The van der Waals surface area contributed by atoms with Crippen molar-refractivity contribution >= 4 is 6.09 Å². The molecule has 0 aromatic rings. The van der Waals surface area contributed by atoms with E-state index in [2.05, 4.69) is 17.6 Å². The number of hydrogen-bond acceptors (Lipinski definition) is 4. The molecule has 0 radical (unpaired) electrons. The van der Waals surface area contributed by atoms with Gasteiger partial charge in [-0.15, -0.1) is 0 Å². The second-order valence-corrected chi connectivity index (χ2v) is 6.31. The van der Waals surface area contributed by atoms with Crippen LogP contribution in [-0.2, 0) is 9.47 Å². The predicted octanol–water partition coefficient (Wildman–Crippen LogP) is 2.06. The van der Waals surface area contributed by atoms with E-state index in [1.54, 1.807) is 7.11 Å². The zero-order chi connectivity index (χ0) is 14.5. The van der Waals surface area contributed by atoms with Gasteiger partial charge in [0.1, 0.15) is 5.60 Å². The van der Waals surface area contributed by atoms with Crippen LogP contribution in [-0.4, -0.2) is 43.5 Å². The fraction of sp³-hybridized carbons (Fsp3) is 0.929. The fourth-order valence-electron chi connectivity index (χ4n) is 2.45. The van der Waals surface area contributed by atoms with Gasteiger partial charge in [0.25, 0.3) is 0 Å². The van der Waals surface area contributed by atoms with Gasteiger partial charge in [-0.3, -0.25) is 0 Å². The van der Waals surface area contributed by atoms with Gasteiger partial charge in [0.2, 0.25) is 0 Å². The largest absolute Gasteiger partial charge is 0.444 e. The van der Waals surface area contributed by atoms with E-state index in [0.717, 1.165) is 19.3 Å². The van der Waals surface area contributed by atoms with E-state index in [-0.39, 0.29) is 18.2 Å². The molecule has 5 heteroatoms. The highest BCUT2D eigenvalue weighted by atomic mass is 16.6. The van der Waals surface area contributed by atoms with Gasteiger partial charge < -0.3 is 20.1 Å². The Kier molecular flexibility index (Phi) is 6.07. The molecule has 3 unspecified atom stereocenters. The van der Waals surface area contributed by atoms with Crippen LogP contribution in [0.25, 0.3) is 0 Å². The Morgan fingerprint density at radius 1 is 1.32 bits per heavy atom. The molecular formula is C14H28N2O3. The summed E-state index contributed by atoms with van der Waals surface area (Å²) in [6.45, 7) is 8.38. The van der Waals surface area contributed by atoms with Crippen LogP contribution in [0.15, 0.2) is 0 Å². The highest BCUT2D eigenvalue weighted by Gasteiger charge is 2.30. The normalized spacial score (nSPS) is 25.1. The van der Waals surface area contributed by atoms with Crippen LogP contribution in [0.3, 0.4) is 0 Å². The Labute approximate surface area is 116 Å². The number of alkyl carbamates (subject to hydrolysis) is 1. The van der Waals surface area contributed by atoms with Gasteiger partial charge >= 0.3 is 6.09 Å². The zero-order valence-corrected chi connectivity index (χ0v) is 12.8. The van der Waals surface area contributed by atoms with Crippen LogP contribution in [0.2, 0.25) is 0 Å². The number of methoxy groups -OCH3 is 1. The van der Waals surface area contributed by atoms with E-state index in [1.165, 1.54) is 0 Å². The number of ether oxygens (including phenoxy) is 2. The molecule has 0 aromatic carbocycles. The van der Waals surface area contributed by atoms with Crippen LogP contribution in [0.1, 0.15) is 47.0 Å². The Balaban J connectivity index is 2.41. The van der Waals surface area contributed by atoms with E-state index in [1.807, 2.05) is 20.8 Å². The molecule has 0 saturated heterocycles. The minimum atomic E-state index is -0.449. The first-order valence-corrected chi connectivity index (χ1v) is 7.06. The van der Waals surface area contributed by atoms with Gasteiger partial charge in [-0.05, 0) is 47.0 Å². The highest BCUT2D eigenvalue weighted by Crippen LogP contribution is 2.20. The molecule has 0 spiro atoms. The smallest absolute Gasteiger partial charge is 0.407 e. The molecule has 0 bridgehead atoms. The monoisotopic (exact) mass is 272 g/mol. The molecule has 1 saturated carbocycles. The molecule has 0 heterocycles. The van der Waals surface area contributed by atoms with E-state index in [0.29, 0.717) is 12.6 Å². The first-order valence-electron chi connectivity index (χ1n) is 7.06. The summed E-state index contributed by atoms with van der Waals surface area (Å²) in [6, 6.07) is 0.739. The topological polar surface area (TPSA) is 59.6 Å². The summed E-state index contributed by atoms with van der Waals surface area (Å²) in [5.41, 5.74) is -0.449. The lowest BCUT2D eigenvalue weighted by Gasteiger charge is -2.27. The Morgan fingerprint density at radius 3 is 2.53 bits per heavy atom. The van der Waals surface area contributed by atoms with Crippen LogP contribution >= 0.6 is 0 Å². The van der Waals surface area contributed by atoms with E-state index >= 15 is 0 Å². The van der Waals surface area contributed by atoms with Crippen LogP contribution < -0.4 is 10.6 Å². The van der Waals surface area contributed by atoms with E-state index in [4.69, 9.17) is 9.47 Å². The van der Waals surface area contributed by atoms with Crippen molar-refractivity contribution in [2.24, 2.45) is 0 Å². The second-order valence-electron chi connectivity index (χ2n) is 6.31. The molecule has 1 fully saturated rings. The molecule has 3 atom stereocenters. The lowest BCUT2D eigenvalue weighted by atomic mass is 10.1. The maximum atomic E-state index is 11.8. The minimum absolute atomic E-state index is 0.147. The number of carbonyl (C=O) groups excluding carboxylic acids is 1. The van der Waals surface area contributed by atoms with Crippen LogP contribution in [0.4, 0.5) is 4.79 Å². The van der Waals surface area contributed by atoms with Crippen molar-refractivity contribution in [2.75, 3.05) is 13.7 Å². The van der Waals surface area contributed by atoms with Crippen molar-refractivity contribution in [3.8, 4) is 0 Å². The summed E-state index contributed by atoms with van der Waals surface area (Å²) in [5.74, 6) is 0. The summed E-state index contributed by atoms with van der Waals surface area (Å²) in [7, 11) is 1.70. The standard InChI is InChI=1S/C14H28N2O3/c1-10(9-18-5)15-11-7-6-8-12(11)16-13(17)19-14(2,3)4/h10-12,15H,6-9H2,1-5H3,(H,16,17). The third kappa shape index (κ3) is 6.25. The maximum Gasteiger partial charge on any atom is 0.407 e. The molecule has 0 aromatic heterocycles. The maximum absolute atomic E-state index is 11.8. The van der Waals surface area contributed by atoms with Crippen LogP contribution in [0.5, 0.6) is 0 Å². The average Bonchev–Trinajstić information content (AvgIpc) is 2.62. The Morgan fingerprint density at radius 2 is 1.95 bits per heavy atom. The predicted molar refractivity (Wildman–Crippen MR) is 75.3 cm³/mol. The lowest BCUT2D eigenvalue weighted by molar-refractivity contribution is 0.0495. The average molecular weight is 272 g/mol. The molecule has 5 nitrogen and oxygen atoms in total. The summed E-state index contributed by atoms with van der Waals surface area (Å²) >= 11 is 0. The molecule has 1 amide bonds. The van der Waals surface area contributed by atoms with Gasteiger partial charge in [-0.1, -0.05) is 0 Å². The molecule has 112 valence electrons. The van der Waals surface area contributed by atoms with Gasteiger partial charge in [0.05, 0.1) is 6.61 Å². The van der Waals surface area contributed by atoms with Gasteiger partial charge in [-0.25, -0.2) is 4.79 Å². The van der Waals surface area contributed by atoms with Crippen molar-refractivity contribution in [3.05, 3.63) is 0 Å². The van der Waals surface area contributed by atoms with Gasteiger partial charge in [0, 0.05) is 25.2 Å². The number of amides is 1. The van der Waals surface area contributed by atoms with Gasteiger partial charge in [0.15, 0.2) is 0 Å². The first kappa shape index (κ1) is 16.2. The second kappa shape index (κ2) is 7.10. The molecule has 1 rings (SSSR count). The quantitative estimate of drug-likeness (QED) is 0.804. The summed E-state index contributed by atoms with van der Waals surface area (Å²) in [5, 5.41) is 6.47. The molecule has 1 aliphatic carbocycles. The van der Waals surface area contributed by atoms with Crippen molar-refractivity contribution in [1.82, 2.24) is 10.6 Å². The van der Waals surface area contributed by atoms with Crippen molar-refractivity contribution < 1.29 is 14.3 Å². The number of nitrogens with one attached hydrogen (secondary N) is 2. The van der Waals surface area contributed by atoms with E-state index in [9.17, 15) is 4.79 Å². The van der Waals surface area contributed by atoms with Crippen molar-refractivity contribution in [2.45, 2.75) is 70.7 Å². The van der Waals surface area contributed by atoms with Crippen molar-refractivity contribution in [1.29, 1.82) is 0 Å². The summed E-state index contributed by atoms with van der Waals surface area (Å²) in [4.78, 5) is 11.8. The SMILES string of the molecule is COCC(C)NC1CCCC1NC(=O)OC(C)(C)C. The Hall–Kier alpha value is -0.810. The lowest BCUT2D eigenvalue weighted by Crippen LogP contribution is -2.51. The minimum Gasteiger partial charge on any atom is -0.444 e. The third-order valence-electron chi connectivity index (χ3n) is 3.13. The molecule has 1 aliphatic rings. The fourth-order valence-corrected chi connectivity index (χ4v) is 2.45. The summed E-state index contributed by atoms with van der Waals surface area (Å²) < 4.78 is 10.4.